The zero-order chi connectivity index (χ0) is 13.9. The van der Waals surface area contributed by atoms with E-state index in [0.29, 0.717) is 6.10 Å². The maximum atomic E-state index is 5.35. The summed E-state index contributed by atoms with van der Waals surface area (Å²) in [6.07, 6.45) is 1.31. The van der Waals surface area contributed by atoms with E-state index in [1.54, 1.807) is 0 Å². The van der Waals surface area contributed by atoms with Crippen LogP contribution < -0.4 is 0 Å². The van der Waals surface area contributed by atoms with E-state index in [2.05, 4.69) is 77.0 Å². The number of rotatable bonds is 2. The number of hydrogen-bond acceptors (Lipinski definition) is 1. The summed E-state index contributed by atoms with van der Waals surface area (Å²) in [6, 6.07) is 8.50. The number of ether oxygens (including phenoxy) is 1. The first-order chi connectivity index (χ1) is 9.63. The third-order valence-corrected chi connectivity index (χ3v) is 5.75. The first-order valence-corrected chi connectivity index (χ1v) is 8.71. The van der Waals surface area contributed by atoms with Crippen molar-refractivity contribution in [2.45, 2.75) is 12.5 Å². The van der Waals surface area contributed by atoms with Gasteiger partial charge in [-0.05, 0) is 45.8 Å². The van der Waals surface area contributed by atoms with E-state index in [1.165, 1.54) is 16.3 Å². The average molecular weight is 460 g/mol. The number of epoxide rings is 1. The van der Waals surface area contributed by atoms with Crippen LogP contribution in [-0.4, -0.2) is 17.7 Å². The third-order valence-electron chi connectivity index (χ3n) is 3.68. The van der Waals surface area contributed by atoms with E-state index < -0.39 is 0 Å². The molecule has 0 bridgehead atoms. The Kier molecular flexibility index (Phi) is 3.22. The van der Waals surface area contributed by atoms with E-state index in [0.717, 1.165) is 37.5 Å². The van der Waals surface area contributed by atoms with Crippen molar-refractivity contribution in [3.8, 4) is 0 Å². The van der Waals surface area contributed by atoms with Crippen molar-refractivity contribution in [3.63, 3.8) is 0 Å². The van der Waals surface area contributed by atoms with Crippen molar-refractivity contribution in [3.05, 3.63) is 43.2 Å². The van der Waals surface area contributed by atoms with Crippen LogP contribution in [0.15, 0.2) is 37.7 Å². The van der Waals surface area contributed by atoms with Crippen LogP contribution in [0.2, 0.25) is 0 Å². The second kappa shape index (κ2) is 4.83. The molecule has 0 amide bonds. The molecule has 2 heterocycles. The zero-order valence-corrected chi connectivity index (χ0v) is 15.1. The highest BCUT2D eigenvalue weighted by molar-refractivity contribution is 9.11. The van der Waals surface area contributed by atoms with E-state index in [-0.39, 0.29) is 0 Å². The highest BCUT2D eigenvalue weighted by Gasteiger charge is 2.26. The van der Waals surface area contributed by atoms with Crippen LogP contribution in [0.1, 0.15) is 5.56 Å². The second-order valence-corrected chi connectivity index (χ2v) is 7.61. The van der Waals surface area contributed by atoms with Crippen molar-refractivity contribution >= 4 is 69.6 Å². The molecule has 5 heteroatoms. The first-order valence-electron chi connectivity index (χ1n) is 6.33. The SMILES string of the molecule is Brc1ccc2[nH]c3c(Br)c(CC4CO4)c(Br)cc3c2c1. The monoisotopic (exact) mass is 457 g/mol. The molecule has 3 aromatic rings. The van der Waals surface area contributed by atoms with E-state index >= 15 is 0 Å². The Balaban J connectivity index is 2.02. The van der Waals surface area contributed by atoms with Gasteiger partial charge in [-0.15, -0.1) is 0 Å². The Morgan fingerprint density at radius 3 is 2.70 bits per heavy atom. The van der Waals surface area contributed by atoms with Crippen molar-refractivity contribution in [1.29, 1.82) is 0 Å². The fourth-order valence-corrected chi connectivity index (χ4v) is 4.48. The lowest BCUT2D eigenvalue weighted by Gasteiger charge is -2.07. The minimum Gasteiger partial charge on any atom is -0.373 e. The number of aromatic nitrogens is 1. The number of fused-ring (bicyclic) bond motifs is 3. The molecule has 1 unspecified atom stereocenters. The topological polar surface area (TPSA) is 28.3 Å². The van der Waals surface area contributed by atoms with Gasteiger partial charge in [-0.1, -0.05) is 31.9 Å². The molecule has 1 aromatic heterocycles. The molecule has 2 aromatic carbocycles. The van der Waals surface area contributed by atoms with Gasteiger partial charge < -0.3 is 9.72 Å². The lowest BCUT2D eigenvalue weighted by molar-refractivity contribution is 0.407. The van der Waals surface area contributed by atoms with Gasteiger partial charge in [0.1, 0.15) is 0 Å². The van der Waals surface area contributed by atoms with Crippen LogP contribution in [0, 0.1) is 0 Å². The van der Waals surface area contributed by atoms with Gasteiger partial charge in [0, 0.05) is 36.1 Å². The lowest BCUT2D eigenvalue weighted by Crippen LogP contribution is -1.96. The molecular weight excluding hydrogens is 450 g/mol. The average Bonchev–Trinajstić information content (AvgIpc) is 3.17. The molecule has 0 radical (unpaired) electrons. The summed E-state index contributed by atoms with van der Waals surface area (Å²) in [7, 11) is 0. The molecule has 102 valence electrons. The second-order valence-electron chi connectivity index (χ2n) is 5.05. The number of benzene rings is 2. The van der Waals surface area contributed by atoms with Gasteiger partial charge in [0.15, 0.2) is 0 Å². The normalized spacial score (nSPS) is 18.1. The lowest BCUT2D eigenvalue weighted by atomic mass is 10.1. The third kappa shape index (κ3) is 2.15. The van der Waals surface area contributed by atoms with Crippen molar-refractivity contribution in [2.24, 2.45) is 0 Å². The molecule has 1 N–H and O–H groups in total. The van der Waals surface area contributed by atoms with E-state index in [4.69, 9.17) is 4.74 Å². The fraction of sp³-hybridized carbons (Fsp3) is 0.200. The van der Waals surface area contributed by atoms with Crippen LogP contribution in [0.25, 0.3) is 21.8 Å². The number of aromatic amines is 1. The largest absolute Gasteiger partial charge is 0.373 e. The van der Waals surface area contributed by atoms with E-state index in [1.807, 2.05) is 0 Å². The first kappa shape index (κ1) is 13.3. The smallest absolute Gasteiger partial charge is 0.0851 e. The van der Waals surface area contributed by atoms with Gasteiger partial charge in [0.25, 0.3) is 0 Å². The van der Waals surface area contributed by atoms with Crippen molar-refractivity contribution in [1.82, 2.24) is 4.98 Å². The summed E-state index contributed by atoms with van der Waals surface area (Å²) >= 11 is 11.0. The van der Waals surface area contributed by atoms with Gasteiger partial charge in [-0.25, -0.2) is 0 Å². The maximum Gasteiger partial charge on any atom is 0.0851 e. The molecule has 0 spiro atoms. The molecule has 1 saturated heterocycles. The van der Waals surface area contributed by atoms with Gasteiger partial charge in [-0.3, -0.25) is 0 Å². The Hall–Kier alpha value is -0.360. The summed E-state index contributed by atoms with van der Waals surface area (Å²) in [5.41, 5.74) is 3.57. The summed E-state index contributed by atoms with van der Waals surface area (Å²) in [6.45, 7) is 0.872. The van der Waals surface area contributed by atoms with Gasteiger partial charge in [0.05, 0.1) is 18.2 Å². The van der Waals surface area contributed by atoms with Crippen LogP contribution in [0.3, 0.4) is 0 Å². The summed E-state index contributed by atoms with van der Waals surface area (Å²) in [4.78, 5) is 3.51. The molecule has 1 fully saturated rings. The number of nitrogens with one attached hydrogen (secondary N) is 1. The molecule has 1 atom stereocenters. The molecule has 0 saturated carbocycles. The quantitative estimate of drug-likeness (QED) is 0.500. The summed E-state index contributed by atoms with van der Waals surface area (Å²) in [5.74, 6) is 0. The highest BCUT2D eigenvalue weighted by Crippen LogP contribution is 2.39. The van der Waals surface area contributed by atoms with Crippen LogP contribution in [0.5, 0.6) is 0 Å². The zero-order valence-electron chi connectivity index (χ0n) is 10.3. The Labute approximate surface area is 141 Å². The Morgan fingerprint density at radius 1 is 1.15 bits per heavy atom. The molecule has 20 heavy (non-hydrogen) atoms. The van der Waals surface area contributed by atoms with Crippen LogP contribution in [-0.2, 0) is 11.2 Å². The Morgan fingerprint density at radius 2 is 1.95 bits per heavy atom. The minimum atomic E-state index is 0.374. The molecule has 4 rings (SSSR count). The van der Waals surface area contributed by atoms with Gasteiger partial charge in [0.2, 0.25) is 0 Å². The Bertz CT molecular complexity index is 836. The van der Waals surface area contributed by atoms with Gasteiger partial charge >= 0.3 is 0 Å². The fourth-order valence-electron chi connectivity index (χ4n) is 2.58. The van der Waals surface area contributed by atoms with Crippen molar-refractivity contribution < 1.29 is 4.74 Å². The molecular formula is C15H10Br3NO. The highest BCUT2D eigenvalue weighted by atomic mass is 79.9. The standard InChI is InChI=1S/C15H10Br3NO/c16-7-1-2-13-9(3-7)10-5-12(17)11(4-8-6-20-8)14(18)15(10)19-13/h1-3,5,8,19H,4,6H2. The minimum absolute atomic E-state index is 0.374. The van der Waals surface area contributed by atoms with Gasteiger partial charge in [-0.2, -0.15) is 0 Å². The van der Waals surface area contributed by atoms with E-state index in [9.17, 15) is 0 Å². The maximum absolute atomic E-state index is 5.35. The van der Waals surface area contributed by atoms with Crippen LogP contribution >= 0.6 is 47.8 Å². The molecule has 0 aliphatic carbocycles. The number of hydrogen-bond donors (Lipinski definition) is 1. The summed E-state index contributed by atoms with van der Waals surface area (Å²) in [5, 5.41) is 2.45. The van der Waals surface area contributed by atoms with Crippen LogP contribution in [0.4, 0.5) is 0 Å². The summed E-state index contributed by atoms with van der Waals surface area (Å²) < 4.78 is 8.70. The number of halogens is 3. The molecule has 2 nitrogen and oxygen atoms in total. The molecule has 1 aliphatic heterocycles. The molecule has 1 aliphatic rings. The number of H-pyrrole nitrogens is 1. The predicted octanol–water partition coefficient (Wildman–Crippen LogP) is 5.55. The predicted molar refractivity (Wildman–Crippen MR) is 92.3 cm³/mol. The van der Waals surface area contributed by atoms with Crippen molar-refractivity contribution in [2.75, 3.05) is 6.61 Å².